The minimum Gasteiger partial charge on any atom is -0.372 e. The number of nitrogens with two attached hydrogens (primary N) is 1. The minimum atomic E-state index is -0.408. The molecular weight excluding hydrogens is 300 g/mol. The third-order valence-corrected chi connectivity index (χ3v) is 4.13. The van der Waals surface area contributed by atoms with E-state index in [1.807, 2.05) is 6.07 Å². The molecule has 5 nitrogen and oxygen atoms in total. The van der Waals surface area contributed by atoms with E-state index >= 15 is 0 Å². The van der Waals surface area contributed by atoms with E-state index in [1.54, 1.807) is 6.07 Å². The van der Waals surface area contributed by atoms with Gasteiger partial charge in [0.1, 0.15) is 4.47 Å². The standard InChI is InChI=1S/C12H15BrN2O3/c13-12-8(3-1-5-10(12)15(16)17)7-18-11-6-2-4-9(11)14/h1,3,5,9,11H,2,4,6-7,14H2. The van der Waals surface area contributed by atoms with Crippen LogP contribution in [0.15, 0.2) is 22.7 Å². The molecule has 0 saturated heterocycles. The van der Waals surface area contributed by atoms with Crippen molar-refractivity contribution >= 4 is 21.6 Å². The Bertz CT molecular complexity index is 453. The van der Waals surface area contributed by atoms with E-state index in [1.165, 1.54) is 6.07 Å². The van der Waals surface area contributed by atoms with E-state index in [9.17, 15) is 10.1 Å². The van der Waals surface area contributed by atoms with Crippen LogP contribution in [0.25, 0.3) is 0 Å². The van der Waals surface area contributed by atoms with Crippen molar-refractivity contribution in [3.8, 4) is 0 Å². The maximum absolute atomic E-state index is 10.8. The average Bonchev–Trinajstić information content (AvgIpc) is 2.73. The van der Waals surface area contributed by atoms with Crippen LogP contribution in [0.2, 0.25) is 0 Å². The molecule has 0 bridgehead atoms. The van der Waals surface area contributed by atoms with Crippen molar-refractivity contribution in [1.82, 2.24) is 0 Å². The summed E-state index contributed by atoms with van der Waals surface area (Å²) in [5.74, 6) is 0. The Morgan fingerprint density at radius 1 is 1.50 bits per heavy atom. The van der Waals surface area contributed by atoms with E-state index in [0.717, 1.165) is 24.8 Å². The fraction of sp³-hybridized carbons (Fsp3) is 0.500. The van der Waals surface area contributed by atoms with Crippen molar-refractivity contribution in [1.29, 1.82) is 0 Å². The maximum Gasteiger partial charge on any atom is 0.283 e. The van der Waals surface area contributed by atoms with Gasteiger partial charge in [-0.1, -0.05) is 12.1 Å². The van der Waals surface area contributed by atoms with Gasteiger partial charge in [0.05, 0.1) is 17.6 Å². The van der Waals surface area contributed by atoms with E-state index < -0.39 is 4.92 Å². The average molecular weight is 315 g/mol. The predicted molar refractivity (Wildman–Crippen MR) is 71.2 cm³/mol. The zero-order chi connectivity index (χ0) is 13.1. The summed E-state index contributed by atoms with van der Waals surface area (Å²) in [6, 6.07) is 5.03. The van der Waals surface area contributed by atoms with Crippen molar-refractivity contribution in [2.75, 3.05) is 0 Å². The first-order valence-electron chi connectivity index (χ1n) is 5.88. The highest BCUT2D eigenvalue weighted by molar-refractivity contribution is 9.10. The SMILES string of the molecule is NC1CCCC1OCc1cccc([N+](=O)[O-])c1Br. The lowest BCUT2D eigenvalue weighted by atomic mass is 10.2. The lowest BCUT2D eigenvalue weighted by Gasteiger charge is -2.16. The van der Waals surface area contributed by atoms with Crippen LogP contribution in [0.4, 0.5) is 5.69 Å². The van der Waals surface area contributed by atoms with Crippen molar-refractivity contribution < 1.29 is 9.66 Å². The van der Waals surface area contributed by atoms with Gasteiger partial charge in [-0.05, 0) is 40.8 Å². The van der Waals surface area contributed by atoms with Crippen LogP contribution in [0.3, 0.4) is 0 Å². The molecule has 1 aromatic carbocycles. The number of rotatable bonds is 4. The highest BCUT2D eigenvalue weighted by Crippen LogP contribution is 2.30. The third kappa shape index (κ3) is 2.88. The minimum absolute atomic E-state index is 0.0619. The summed E-state index contributed by atoms with van der Waals surface area (Å²) in [6.45, 7) is 0.348. The molecule has 1 aromatic rings. The number of benzene rings is 1. The van der Waals surface area contributed by atoms with Gasteiger partial charge in [-0.2, -0.15) is 0 Å². The number of ether oxygens (including phenoxy) is 1. The summed E-state index contributed by atoms with van der Waals surface area (Å²) >= 11 is 3.25. The normalized spacial score (nSPS) is 23.2. The molecule has 6 heteroatoms. The van der Waals surface area contributed by atoms with Crippen LogP contribution >= 0.6 is 15.9 Å². The lowest BCUT2D eigenvalue weighted by molar-refractivity contribution is -0.385. The Hall–Kier alpha value is -0.980. The first kappa shape index (κ1) is 13.5. The second-order valence-corrected chi connectivity index (χ2v) is 5.24. The van der Waals surface area contributed by atoms with Gasteiger partial charge >= 0.3 is 0 Å². The smallest absolute Gasteiger partial charge is 0.283 e. The van der Waals surface area contributed by atoms with Crippen molar-refractivity contribution in [2.45, 2.75) is 38.0 Å². The first-order valence-corrected chi connectivity index (χ1v) is 6.68. The highest BCUT2D eigenvalue weighted by atomic mass is 79.9. The Balaban J connectivity index is 2.05. The monoisotopic (exact) mass is 314 g/mol. The Labute approximate surface area is 114 Å². The lowest BCUT2D eigenvalue weighted by Crippen LogP contribution is -2.31. The number of halogens is 1. The summed E-state index contributed by atoms with van der Waals surface area (Å²) in [7, 11) is 0. The largest absolute Gasteiger partial charge is 0.372 e. The van der Waals surface area contributed by atoms with Crippen LogP contribution in [0.5, 0.6) is 0 Å². The van der Waals surface area contributed by atoms with Gasteiger partial charge < -0.3 is 10.5 Å². The fourth-order valence-corrected chi connectivity index (χ4v) is 2.70. The molecule has 98 valence electrons. The number of nitro benzene ring substituents is 1. The van der Waals surface area contributed by atoms with Crippen molar-refractivity contribution in [3.05, 3.63) is 38.3 Å². The van der Waals surface area contributed by atoms with Gasteiger partial charge in [0.15, 0.2) is 0 Å². The summed E-state index contributed by atoms with van der Waals surface area (Å²) in [5.41, 5.74) is 6.76. The van der Waals surface area contributed by atoms with Gasteiger partial charge in [-0.25, -0.2) is 0 Å². The fourth-order valence-electron chi connectivity index (χ4n) is 2.18. The molecule has 1 aliphatic carbocycles. The molecule has 0 aliphatic heterocycles. The van der Waals surface area contributed by atoms with Crippen LogP contribution < -0.4 is 5.73 Å². The van der Waals surface area contributed by atoms with E-state index in [0.29, 0.717) is 11.1 Å². The number of nitrogens with zero attached hydrogens (tertiary/aromatic N) is 1. The number of hydrogen-bond acceptors (Lipinski definition) is 4. The quantitative estimate of drug-likeness (QED) is 0.684. The second kappa shape index (κ2) is 5.77. The molecule has 0 heterocycles. The maximum atomic E-state index is 10.8. The van der Waals surface area contributed by atoms with Gasteiger partial charge in [-0.15, -0.1) is 0 Å². The van der Waals surface area contributed by atoms with Crippen molar-refractivity contribution in [2.24, 2.45) is 5.73 Å². The van der Waals surface area contributed by atoms with E-state index in [-0.39, 0.29) is 17.8 Å². The molecule has 1 saturated carbocycles. The topological polar surface area (TPSA) is 78.4 Å². The highest BCUT2D eigenvalue weighted by Gasteiger charge is 2.25. The van der Waals surface area contributed by atoms with Gasteiger partial charge in [0, 0.05) is 12.1 Å². The van der Waals surface area contributed by atoms with Crippen LogP contribution in [-0.2, 0) is 11.3 Å². The van der Waals surface area contributed by atoms with Crippen LogP contribution in [0, 0.1) is 10.1 Å². The molecule has 2 N–H and O–H groups in total. The first-order chi connectivity index (χ1) is 8.59. The van der Waals surface area contributed by atoms with Gasteiger partial charge in [-0.3, -0.25) is 10.1 Å². The number of nitro groups is 1. The molecule has 2 unspecified atom stereocenters. The molecule has 1 aliphatic rings. The summed E-state index contributed by atoms with van der Waals surface area (Å²) < 4.78 is 6.23. The Morgan fingerprint density at radius 3 is 2.89 bits per heavy atom. The van der Waals surface area contributed by atoms with Crippen LogP contribution in [-0.4, -0.2) is 17.1 Å². The summed E-state index contributed by atoms with van der Waals surface area (Å²) in [5, 5.41) is 10.8. The predicted octanol–water partition coefficient (Wildman–Crippen LogP) is 2.75. The van der Waals surface area contributed by atoms with Gasteiger partial charge in [0.2, 0.25) is 0 Å². The zero-order valence-electron chi connectivity index (χ0n) is 9.84. The molecule has 18 heavy (non-hydrogen) atoms. The van der Waals surface area contributed by atoms with E-state index in [4.69, 9.17) is 10.5 Å². The Morgan fingerprint density at radius 2 is 2.28 bits per heavy atom. The summed E-state index contributed by atoms with van der Waals surface area (Å²) in [6.07, 6.45) is 3.10. The molecule has 0 amide bonds. The second-order valence-electron chi connectivity index (χ2n) is 4.45. The molecule has 0 spiro atoms. The molecular formula is C12H15BrN2O3. The van der Waals surface area contributed by atoms with Crippen LogP contribution in [0.1, 0.15) is 24.8 Å². The number of hydrogen-bond donors (Lipinski definition) is 1. The molecule has 2 atom stereocenters. The molecule has 0 aromatic heterocycles. The molecule has 0 radical (unpaired) electrons. The van der Waals surface area contributed by atoms with Crippen molar-refractivity contribution in [3.63, 3.8) is 0 Å². The molecule has 2 rings (SSSR count). The van der Waals surface area contributed by atoms with Gasteiger partial charge in [0.25, 0.3) is 5.69 Å². The van der Waals surface area contributed by atoms with E-state index in [2.05, 4.69) is 15.9 Å². The Kier molecular flexibility index (Phi) is 4.31. The summed E-state index contributed by atoms with van der Waals surface area (Å²) in [4.78, 5) is 10.4. The third-order valence-electron chi connectivity index (χ3n) is 3.21. The zero-order valence-corrected chi connectivity index (χ0v) is 11.4. The molecule has 1 fully saturated rings.